The van der Waals surface area contributed by atoms with Crippen LogP contribution in [0.4, 0.5) is 16.4 Å². The molecule has 0 fully saturated rings. The number of hydrogen-bond acceptors (Lipinski definition) is 5. The molecule has 0 saturated heterocycles. The number of hydrogen-bond donors (Lipinski definition) is 1. The van der Waals surface area contributed by atoms with Gasteiger partial charge in [-0.3, -0.25) is 10.2 Å². The molecule has 7 nitrogen and oxygen atoms in total. The molecule has 8 heteroatoms. The smallest absolute Gasteiger partial charge is 0.328 e. The molecule has 0 atom stereocenters. The molecule has 4 rings (SSSR count). The lowest BCUT2D eigenvalue weighted by Crippen LogP contribution is -2.36. The van der Waals surface area contributed by atoms with Crippen molar-refractivity contribution in [2.24, 2.45) is 0 Å². The van der Waals surface area contributed by atoms with Crippen molar-refractivity contribution in [2.45, 2.75) is 6.42 Å². The fourth-order valence-corrected chi connectivity index (χ4v) is 2.99. The van der Waals surface area contributed by atoms with E-state index in [0.29, 0.717) is 47.7 Å². The fourth-order valence-electron chi connectivity index (χ4n) is 2.80. The van der Waals surface area contributed by atoms with Crippen LogP contribution in [-0.2, 0) is 0 Å². The highest BCUT2D eigenvalue weighted by Crippen LogP contribution is 2.33. The lowest BCUT2D eigenvalue weighted by Gasteiger charge is -2.21. The summed E-state index contributed by atoms with van der Waals surface area (Å²) >= 11 is 6.09. The van der Waals surface area contributed by atoms with Crippen LogP contribution in [-0.4, -0.2) is 34.1 Å². The molecule has 0 aliphatic carbocycles. The summed E-state index contributed by atoms with van der Waals surface area (Å²) in [7, 11) is 0. The fraction of sp³-hybridized carbons (Fsp3) is 0.158. The summed E-state index contributed by atoms with van der Waals surface area (Å²) in [5, 5.41) is 3.39. The minimum Gasteiger partial charge on any atom is -0.490 e. The third kappa shape index (κ3) is 3.83. The lowest BCUT2D eigenvalue weighted by atomic mass is 10.1. The molecule has 0 radical (unpaired) electrons. The highest BCUT2D eigenvalue weighted by molar-refractivity contribution is 6.30. The highest BCUT2D eigenvalue weighted by Gasteiger charge is 2.24. The Labute approximate surface area is 161 Å². The molecule has 0 unspecified atom stereocenters. The number of aromatic nitrogens is 3. The van der Waals surface area contributed by atoms with Crippen molar-refractivity contribution in [1.82, 2.24) is 15.0 Å². The normalized spacial score (nSPS) is 13.3. The van der Waals surface area contributed by atoms with Crippen LogP contribution in [0.3, 0.4) is 0 Å². The van der Waals surface area contributed by atoms with E-state index in [4.69, 9.17) is 16.3 Å². The topological polar surface area (TPSA) is 80.2 Å². The van der Waals surface area contributed by atoms with E-state index >= 15 is 0 Å². The first kappa shape index (κ1) is 17.2. The molecule has 1 aliphatic rings. The Kier molecular flexibility index (Phi) is 4.84. The quantitative estimate of drug-likeness (QED) is 0.725. The first-order valence-electron chi connectivity index (χ1n) is 8.45. The van der Waals surface area contributed by atoms with Crippen molar-refractivity contribution < 1.29 is 9.53 Å². The van der Waals surface area contributed by atoms with Crippen molar-refractivity contribution in [1.29, 1.82) is 0 Å². The zero-order valence-electron chi connectivity index (χ0n) is 14.3. The van der Waals surface area contributed by atoms with Gasteiger partial charge in [0.25, 0.3) is 0 Å². The summed E-state index contributed by atoms with van der Waals surface area (Å²) in [6, 6.07) is 12.4. The molecule has 1 aliphatic heterocycles. The number of halogens is 1. The van der Waals surface area contributed by atoms with Gasteiger partial charge >= 0.3 is 6.03 Å². The molecular weight excluding hydrogens is 366 g/mol. The highest BCUT2D eigenvalue weighted by atomic mass is 35.5. The van der Waals surface area contributed by atoms with Crippen LogP contribution in [0.25, 0.3) is 11.3 Å². The van der Waals surface area contributed by atoms with Gasteiger partial charge in [-0.25, -0.2) is 19.7 Å². The molecule has 1 N–H and O–H groups in total. The second kappa shape index (κ2) is 7.59. The van der Waals surface area contributed by atoms with Crippen LogP contribution < -0.4 is 15.0 Å². The summed E-state index contributed by atoms with van der Waals surface area (Å²) in [6.45, 7) is 0.998. The van der Waals surface area contributed by atoms with E-state index in [-0.39, 0.29) is 6.03 Å². The predicted molar refractivity (Wildman–Crippen MR) is 103 cm³/mol. The number of nitrogens with one attached hydrogen (secondary N) is 1. The van der Waals surface area contributed by atoms with E-state index < -0.39 is 0 Å². The van der Waals surface area contributed by atoms with Gasteiger partial charge in [0.15, 0.2) is 11.6 Å². The van der Waals surface area contributed by atoms with E-state index in [1.54, 1.807) is 23.2 Å². The summed E-state index contributed by atoms with van der Waals surface area (Å²) < 4.78 is 5.76. The van der Waals surface area contributed by atoms with Crippen LogP contribution in [0.2, 0.25) is 5.02 Å². The van der Waals surface area contributed by atoms with E-state index in [9.17, 15) is 4.79 Å². The first-order valence-corrected chi connectivity index (χ1v) is 8.83. The van der Waals surface area contributed by atoms with E-state index in [1.165, 1.54) is 6.33 Å². The van der Waals surface area contributed by atoms with Gasteiger partial charge in [0.05, 0.1) is 12.3 Å². The number of urea groups is 1. The molecule has 3 heterocycles. The van der Waals surface area contributed by atoms with Crippen molar-refractivity contribution in [3.8, 4) is 17.0 Å². The molecule has 27 heavy (non-hydrogen) atoms. The Morgan fingerprint density at radius 3 is 2.96 bits per heavy atom. The molecular formula is C19H16ClN5O2. The maximum absolute atomic E-state index is 12.8. The average Bonchev–Trinajstić information content (AvgIpc) is 2.90. The Morgan fingerprint density at radius 1 is 1.22 bits per heavy atom. The third-order valence-corrected chi connectivity index (χ3v) is 4.30. The molecule has 2 amide bonds. The van der Waals surface area contributed by atoms with Gasteiger partial charge in [-0.1, -0.05) is 23.7 Å². The van der Waals surface area contributed by atoms with E-state index in [1.807, 2.05) is 30.3 Å². The largest absolute Gasteiger partial charge is 0.490 e. The molecule has 0 bridgehead atoms. The van der Waals surface area contributed by atoms with Crippen molar-refractivity contribution in [2.75, 3.05) is 23.4 Å². The lowest BCUT2D eigenvalue weighted by molar-refractivity contribution is 0.256. The molecule has 1 aromatic carbocycles. The number of carbonyl (C=O) groups is 1. The summed E-state index contributed by atoms with van der Waals surface area (Å²) in [4.78, 5) is 26.9. The number of pyridine rings is 1. The van der Waals surface area contributed by atoms with Crippen LogP contribution in [0.15, 0.2) is 55.0 Å². The standard InChI is InChI=1S/C19H16ClN5O2/c20-14-4-1-3-13(11-14)15-5-6-16-18(23-15)25(9-2-10-27-16)19(26)24-17-7-8-21-12-22-17/h1,3-8,11-12H,2,9-10H2,(H,21,22,24,26). The van der Waals surface area contributed by atoms with Gasteiger partial charge in [-0.2, -0.15) is 0 Å². The van der Waals surface area contributed by atoms with Gasteiger partial charge in [0.1, 0.15) is 12.1 Å². The molecule has 3 aromatic rings. The molecule has 0 spiro atoms. The number of nitrogens with zero attached hydrogens (tertiary/aromatic N) is 4. The monoisotopic (exact) mass is 381 g/mol. The summed E-state index contributed by atoms with van der Waals surface area (Å²) in [6.07, 6.45) is 3.64. The van der Waals surface area contributed by atoms with E-state index in [0.717, 1.165) is 5.56 Å². The number of rotatable bonds is 2. The second-order valence-electron chi connectivity index (χ2n) is 5.91. The maximum atomic E-state index is 12.8. The number of carbonyl (C=O) groups excluding carboxylic acids is 1. The number of benzene rings is 1. The van der Waals surface area contributed by atoms with Gasteiger partial charge in [0.2, 0.25) is 0 Å². The zero-order chi connectivity index (χ0) is 18.6. The SMILES string of the molecule is O=C(Nc1ccncn1)N1CCCOc2ccc(-c3cccc(Cl)c3)nc21. The van der Waals surface area contributed by atoms with Crippen LogP contribution >= 0.6 is 11.6 Å². The summed E-state index contributed by atoms with van der Waals surface area (Å²) in [5.41, 5.74) is 1.58. The molecule has 2 aromatic heterocycles. The molecule has 136 valence electrons. The third-order valence-electron chi connectivity index (χ3n) is 4.06. The first-order chi connectivity index (χ1) is 13.2. The zero-order valence-corrected chi connectivity index (χ0v) is 15.1. The Morgan fingerprint density at radius 2 is 2.15 bits per heavy atom. The second-order valence-corrected chi connectivity index (χ2v) is 6.34. The van der Waals surface area contributed by atoms with Crippen molar-refractivity contribution in [3.05, 3.63) is 60.0 Å². The summed E-state index contributed by atoms with van der Waals surface area (Å²) in [5.74, 6) is 1.46. The number of ether oxygens (including phenoxy) is 1. The minimum absolute atomic E-state index is 0.323. The number of amides is 2. The van der Waals surface area contributed by atoms with Crippen molar-refractivity contribution in [3.63, 3.8) is 0 Å². The minimum atomic E-state index is -0.323. The van der Waals surface area contributed by atoms with Crippen LogP contribution in [0, 0.1) is 0 Å². The van der Waals surface area contributed by atoms with Gasteiger partial charge in [-0.15, -0.1) is 0 Å². The van der Waals surface area contributed by atoms with Crippen LogP contribution in [0.1, 0.15) is 6.42 Å². The number of fused-ring (bicyclic) bond motifs is 1. The van der Waals surface area contributed by atoms with Gasteiger partial charge < -0.3 is 4.74 Å². The van der Waals surface area contributed by atoms with Gasteiger partial charge in [0, 0.05) is 23.3 Å². The Balaban J connectivity index is 1.69. The average molecular weight is 382 g/mol. The van der Waals surface area contributed by atoms with Gasteiger partial charge in [-0.05, 0) is 36.8 Å². The van der Waals surface area contributed by atoms with Crippen LogP contribution in [0.5, 0.6) is 5.75 Å². The van der Waals surface area contributed by atoms with Crippen molar-refractivity contribution >= 4 is 29.3 Å². The molecule has 0 saturated carbocycles. The predicted octanol–water partition coefficient (Wildman–Crippen LogP) is 4.01. The Hall–Kier alpha value is -3.19. The number of anilines is 2. The maximum Gasteiger partial charge on any atom is 0.328 e. The van der Waals surface area contributed by atoms with E-state index in [2.05, 4.69) is 20.3 Å². The Bertz CT molecular complexity index is 967.